The van der Waals surface area contributed by atoms with Gasteiger partial charge in [0.05, 0.1) is 0 Å². The minimum absolute atomic E-state index is 0.559. The summed E-state index contributed by atoms with van der Waals surface area (Å²) in [7, 11) is 3.93. The van der Waals surface area contributed by atoms with Gasteiger partial charge in [-0.25, -0.2) is 0 Å². The molecule has 0 saturated heterocycles. The Bertz CT molecular complexity index is 815. The second kappa shape index (κ2) is 7.00. The monoisotopic (exact) mass is 319 g/mol. The lowest BCUT2D eigenvalue weighted by Crippen LogP contribution is -2.13. The lowest BCUT2D eigenvalue weighted by Gasteiger charge is -2.16. The molecule has 0 fully saturated rings. The van der Waals surface area contributed by atoms with Gasteiger partial charge in [-0.05, 0) is 30.7 Å². The third-order valence-corrected chi connectivity index (χ3v) is 3.61. The van der Waals surface area contributed by atoms with Crippen molar-refractivity contribution in [2.75, 3.05) is 29.6 Å². The molecule has 122 valence electrons. The molecule has 0 saturated carbocycles. The van der Waals surface area contributed by atoms with Crippen molar-refractivity contribution < 1.29 is 0 Å². The summed E-state index contributed by atoms with van der Waals surface area (Å²) in [6.45, 7) is 2.07. The maximum Gasteiger partial charge on any atom is 0.231 e. The van der Waals surface area contributed by atoms with E-state index >= 15 is 0 Å². The molecule has 3 aromatic rings. The van der Waals surface area contributed by atoms with Crippen molar-refractivity contribution in [2.24, 2.45) is 0 Å². The third-order valence-electron chi connectivity index (χ3n) is 3.61. The highest BCUT2D eigenvalue weighted by Crippen LogP contribution is 2.24. The minimum atomic E-state index is 0.559. The standard InChI is InChI=1S/C19H21N5/c1-14-9-7-8-12-16(14)21-17-13-18(24(2)3)23-19(22-17)20-15-10-5-4-6-11-15/h4-13H,1-3H3,(H2,20,21,22,23). The van der Waals surface area contributed by atoms with E-state index < -0.39 is 0 Å². The third kappa shape index (κ3) is 3.81. The van der Waals surface area contributed by atoms with Crippen LogP contribution < -0.4 is 15.5 Å². The average molecular weight is 319 g/mol. The van der Waals surface area contributed by atoms with Crippen LogP contribution in [0.5, 0.6) is 0 Å². The first kappa shape index (κ1) is 15.8. The van der Waals surface area contributed by atoms with Crippen molar-refractivity contribution in [3.8, 4) is 0 Å². The lowest BCUT2D eigenvalue weighted by molar-refractivity contribution is 1.04. The molecule has 0 bridgehead atoms. The Morgan fingerprint density at radius 1 is 0.833 bits per heavy atom. The average Bonchev–Trinajstić information content (AvgIpc) is 2.58. The predicted molar refractivity (Wildman–Crippen MR) is 101 cm³/mol. The van der Waals surface area contributed by atoms with Gasteiger partial charge in [0.15, 0.2) is 0 Å². The van der Waals surface area contributed by atoms with Gasteiger partial charge in [-0.15, -0.1) is 0 Å². The zero-order valence-electron chi connectivity index (χ0n) is 14.1. The molecule has 1 aromatic heterocycles. The van der Waals surface area contributed by atoms with Crippen molar-refractivity contribution >= 4 is 29.0 Å². The topological polar surface area (TPSA) is 53.1 Å². The summed E-state index contributed by atoms with van der Waals surface area (Å²) in [5.74, 6) is 2.14. The number of para-hydroxylation sites is 2. The molecule has 0 atom stereocenters. The number of aryl methyl sites for hydroxylation is 1. The molecule has 0 amide bonds. The number of rotatable bonds is 5. The fourth-order valence-corrected chi connectivity index (χ4v) is 2.29. The van der Waals surface area contributed by atoms with E-state index in [1.54, 1.807) is 0 Å². The summed E-state index contributed by atoms with van der Waals surface area (Å²) >= 11 is 0. The van der Waals surface area contributed by atoms with Crippen molar-refractivity contribution in [2.45, 2.75) is 6.92 Å². The van der Waals surface area contributed by atoms with Gasteiger partial charge in [-0.1, -0.05) is 36.4 Å². The van der Waals surface area contributed by atoms with Gasteiger partial charge in [0, 0.05) is 31.5 Å². The van der Waals surface area contributed by atoms with Gasteiger partial charge in [-0.3, -0.25) is 0 Å². The Morgan fingerprint density at radius 2 is 1.54 bits per heavy atom. The van der Waals surface area contributed by atoms with Gasteiger partial charge in [0.25, 0.3) is 0 Å². The van der Waals surface area contributed by atoms with E-state index in [2.05, 4.69) is 33.6 Å². The Labute approximate surface area is 142 Å². The lowest BCUT2D eigenvalue weighted by atomic mass is 10.2. The largest absolute Gasteiger partial charge is 0.363 e. The van der Waals surface area contributed by atoms with Crippen LogP contribution >= 0.6 is 0 Å². The molecule has 1 heterocycles. The molecule has 2 aromatic carbocycles. The van der Waals surface area contributed by atoms with E-state index in [0.717, 1.165) is 23.0 Å². The molecule has 2 N–H and O–H groups in total. The second-order valence-corrected chi connectivity index (χ2v) is 5.76. The smallest absolute Gasteiger partial charge is 0.231 e. The summed E-state index contributed by atoms with van der Waals surface area (Å²) in [6, 6.07) is 20.0. The molecular weight excluding hydrogens is 298 g/mol. The maximum absolute atomic E-state index is 4.59. The first-order chi connectivity index (χ1) is 11.6. The van der Waals surface area contributed by atoms with Crippen LogP contribution in [0, 0.1) is 6.92 Å². The Kier molecular flexibility index (Phi) is 4.61. The Hall–Kier alpha value is -3.08. The molecule has 0 aliphatic heterocycles. The van der Waals surface area contributed by atoms with Crippen LogP contribution in [0.3, 0.4) is 0 Å². The summed E-state index contributed by atoms with van der Waals surface area (Å²) in [6.07, 6.45) is 0. The van der Waals surface area contributed by atoms with Crippen LogP contribution in [0.2, 0.25) is 0 Å². The van der Waals surface area contributed by atoms with Crippen molar-refractivity contribution in [1.82, 2.24) is 9.97 Å². The fraction of sp³-hybridized carbons (Fsp3) is 0.158. The first-order valence-corrected chi connectivity index (χ1v) is 7.83. The zero-order chi connectivity index (χ0) is 16.9. The highest BCUT2D eigenvalue weighted by Gasteiger charge is 2.08. The predicted octanol–water partition coefficient (Wildman–Crippen LogP) is 4.34. The molecule has 5 nitrogen and oxygen atoms in total. The van der Waals surface area contributed by atoms with E-state index in [1.807, 2.05) is 73.6 Å². The summed E-state index contributed by atoms with van der Waals surface area (Å²) in [4.78, 5) is 11.1. The molecule has 5 heteroatoms. The number of hydrogen-bond acceptors (Lipinski definition) is 5. The van der Waals surface area contributed by atoms with E-state index in [1.165, 1.54) is 5.56 Å². The molecular formula is C19H21N5. The molecule has 0 radical (unpaired) electrons. The number of anilines is 5. The summed E-state index contributed by atoms with van der Waals surface area (Å²) < 4.78 is 0. The second-order valence-electron chi connectivity index (χ2n) is 5.76. The van der Waals surface area contributed by atoms with E-state index in [9.17, 15) is 0 Å². The highest BCUT2D eigenvalue weighted by atomic mass is 15.2. The maximum atomic E-state index is 4.59. The van der Waals surface area contributed by atoms with Gasteiger partial charge >= 0.3 is 0 Å². The van der Waals surface area contributed by atoms with Crippen LogP contribution in [0.1, 0.15) is 5.56 Å². The number of benzene rings is 2. The molecule has 3 rings (SSSR count). The fourth-order valence-electron chi connectivity index (χ4n) is 2.29. The first-order valence-electron chi connectivity index (χ1n) is 7.83. The van der Waals surface area contributed by atoms with E-state index in [4.69, 9.17) is 0 Å². The van der Waals surface area contributed by atoms with Crippen molar-refractivity contribution in [3.05, 3.63) is 66.2 Å². The van der Waals surface area contributed by atoms with Crippen molar-refractivity contribution in [3.63, 3.8) is 0 Å². The molecule has 0 spiro atoms. The number of hydrogen-bond donors (Lipinski definition) is 2. The zero-order valence-corrected chi connectivity index (χ0v) is 14.1. The van der Waals surface area contributed by atoms with Gasteiger partial charge in [-0.2, -0.15) is 9.97 Å². The number of nitrogens with zero attached hydrogens (tertiary/aromatic N) is 3. The number of aromatic nitrogens is 2. The van der Waals surface area contributed by atoms with E-state index in [-0.39, 0.29) is 0 Å². The minimum Gasteiger partial charge on any atom is -0.363 e. The highest BCUT2D eigenvalue weighted by molar-refractivity contribution is 5.65. The SMILES string of the molecule is Cc1ccccc1Nc1cc(N(C)C)nc(Nc2ccccc2)n1. The van der Waals surface area contributed by atoms with Crippen molar-refractivity contribution in [1.29, 1.82) is 0 Å². The van der Waals surface area contributed by atoms with Crippen LogP contribution in [0.4, 0.5) is 29.0 Å². The summed E-state index contributed by atoms with van der Waals surface area (Å²) in [5, 5.41) is 6.63. The Morgan fingerprint density at radius 3 is 2.25 bits per heavy atom. The quantitative estimate of drug-likeness (QED) is 0.733. The molecule has 0 aliphatic carbocycles. The molecule has 0 aliphatic rings. The van der Waals surface area contributed by atoms with E-state index in [0.29, 0.717) is 5.95 Å². The van der Waals surface area contributed by atoms with Crippen LogP contribution in [0.25, 0.3) is 0 Å². The van der Waals surface area contributed by atoms with Crippen LogP contribution in [0.15, 0.2) is 60.7 Å². The molecule has 24 heavy (non-hydrogen) atoms. The summed E-state index contributed by atoms with van der Waals surface area (Å²) in [5.41, 5.74) is 3.15. The Balaban J connectivity index is 1.92. The number of nitrogens with one attached hydrogen (secondary N) is 2. The van der Waals surface area contributed by atoms with Crippen LogP contribution in [-0.4, -0.2) is 24.1 Å². The van der Waals surface area contributed by atoms with Gasteiger partial charge < -0.3 is 15.5 Å². The normalized spacial score (nSPS) is 10.3. The van der Waals surface area contributed by atoms with Gasteiger partial charge in [0.1, 0.15) is 11.6 Å². The van der Waals surface area contributed by atoms with Crippen LogP contribution in [-0.2, 0) is 0 Å². The van der Waals surface area contributed by atoms with Gasteiger partial charge in [0.2, 0.25) is 5.95 Å². The molecule has 0 unspecified atom stereocenters.